The Hall–Kier alpha value is 0.01000. The van der Waals surface area contributed by atoms with Crippen molar-refractivity contribution in [2.24, 2.45) is 5.92 Å². The van der Waals surface area contributed by atoms with Gasteiger partial charge >= 0.3 is 0 Å². The number of thiophene rings is 1. The predicted octanol–water partition coefficient (Wildman–Crippen LogP) is 3.77. The summed E-state index contributed by atoms with van der Waals surface area (Å²) in [7, 11) is 0. The molecule has 0 aliphatic carbocycles. The number of nitrogens with one attached hydrogen (secondary N) is 1. The Bertz CT molecular complexity index is 340. The smallest absolute Gasteiger partial charge is 0.0302 e. The van der Waals surface area contributed by atoms with Crippen molar-refractivity contribution in [2.45, 2.75) is 33.2 Å². The van der Waals surface area contributed by atoms with Gasteiger partial charge in [0, 0.05) is 15.8 Å². The van der Waals surface area contributed by atoms with Crippen molar-refractivity contribution in [3.05, 3.63) is 21.4 Å². The van der Waals surface area contributed by atoms with Crippen molar-refractivity contribution in [1.82, 2.24) is 5.32 Å². The molecule has 2 atom stereocenters. The van der Waals surface area contributed by atoms with E-state index in [4.69, 9.17) is 0 Å². The van der Waals surface area contributed by atoms with Crippen molar-refractivity contribution in [1.29, 1.82) is 0 Å². The van der Waals surface area contributed by atoms with E-state index in [9.17, 15) is 0 Å². The van der Waals surface area contributed by atoms with E-state index in [-0.39, 0.29) is 0 Å². The van der Waals surface area contributed by atoms with Gasteiger partial charge in [0.25, 0.3) is 0 Å². The molecule has 0 saturated carbocycles. The average Bonchev–Trinajstić information content (AvgIpc) is 2.84. The molecule has 1 N–H and O–H groups in total. The van der Waals surface area contributed by atoms with Crippen LogP contribution in [0.4, 0.5) is 0 Å². The van der Waals surface area contributed by atoms with Crippen molar-refractivity contribution in [2.75, 3.05) is 18.1 Å². The first-order valence-electron chi connectivity index (χ1n) is 6.05. The highest BCUT2D eigenvalue weighted by Crippen LogP contribution is 2.27. The Balaban J connectivity index is 1.87. The quantitative estimate of drug-likeness (QED) is 0.879. The van der Waals surface area contributed by atoms with E-state index in [1.165, 1.54) is 39.8 Å². The number of thioether (sulfide) groups is 1. The van der Waals surface area contributed by atoms with Crippen LogP contribution in [0.5, 0.6) is 0 Å². The highest BCUT2D eigenvalue weighted by molar-refractivity contribution is 7.99. The Morgan fingerprint density at radius 3 is 2.88 bits per heavy atom. The lowest BCUT2D eigenvalue weighted by Crippen LogP contribution is -2.25. The molecule has 0 bridgehead atoms. The number of rotatable bonds is 4. The van der Waals surface area contributed by atoms with Crippen LogP contribution in [0.1, 0.15) is 34.7 Å². The summed E-state index contributed by atoms with van der Waals surface area (Å²) < 4.78 is 0. The van der Waals surface area contributed by atoms with Crippen LogP contribution in [-0.4, -0.2) is 18.1 Å². The molecular formula is C13H21NS2. The minimum atomic E-state index is 0.510. The zero-order valence-corrected chi connectivity index (χ0v) is 12.0. The molecule has 1 aromatic heterocycles. The van der Waals surface area contributed by atoms with Gasteiger partial charge in [-0.25, -0.2) is 0 Å². The lowest BCUT2D eigenvalue weighted by molar-refractivity contribution is 0.477. The lowest BCUT2D eigenvalue weighted by Gasteiger charge is -2.16. The fourth-order valence-corrected chi connectivity index (χ4v) is 4.59. The van der Waals surface area contributed by atoms with E-state index >= 15 is 0 Å². The Morgan fingerprint density at radius 1 is 1.50 bits per heavy atom. The molecule has 90 valence electrons. The standard InChI is InChI=1S/C13H21NS2/c1-9-6-13(11(3)16-9)10(2)14-7-12-4-5-15-8-12/h6,10,12,14H,4-5,7-8H2,1-3H3. The summed E-state index contributed by atoms with van der Waals surface area (Å²) in [6, 6.07) is 2.84. The first-order chi connectivity index (χ1) is 7.66. The molecule has 1 aliphatic heterocycles. The molecule has 16 heavy (non-hydrogen) atoms. The third kappa shape index (κ3) is 3.02. The first-order valence-corrected chi connectivity index (χ1v) is 8.02. The molecule has 2 rings (SSSR count). The highest BCUT2D eigenvalue weighted by atomic mass is 32.2. The number of hydrogen-bond donors (Lipinski definition) is 1. The maximum atomic E-state index is 3.69. The molecule has 2 heterocycles. The molecule has 1 nitrogen and oxygen atoms in total. The van der Waals surface area contributed by atoms with Crippen LogP contribution < -0.4 is 5.32 Å². The van der Waals surface area contributed by atoms with Crippen LogP contribution in [0.15, 0.2) is 6.07 Å². The van der Waals surface area contributed by atoms with E-state index in [0.29, 0.717) is 6.04 Å². The van der Waals surface area contributed by atoms with Crippen LogP contribution in [-0.2, 0) is 0 Å². The van der Waals surface area contributed by atoms with E-state index in [1.54, 1.807) is 0 Å². The van der Waals surface area contributed by atoms with Gasteiger partial charge in [0.15, 0.2) is 0 Å². The average molecular weight is 255 g/mol. The van der Waals surface area contributed by atoms with Gasteiger partial charge in [0.05, 0.1) is 0 Å². The summed E-state index contributed by atoms with van der Waals surface area (Å²) in [5.74, 6) is 3.60. The van der Waals surface area contributed by atoms with E-state index in [2.05, 4.69) is 43.9 Å². The molecule has 0 radical (unpaired) electrons. The molecule has 3 heteroatoms. The fraction of sp³-hybridized carbons (Fsp3) is 0.692. The summed E-state index contributed by atoms with van der Waals surface area (Å²) in [4.78, 5) is 2.90. The van der Waals surface area contributed by atoms with Gasteiger partial charge in [-0.1, -0.05) is 0 Å². The summed E-state index contributed by atoms with van der Waals surface area (Å²) >= 11 is 4.01. The molecule has 0 spiro atoms. The van der Waals surface area contributed by atoms with Crippen molar-refractivity contribution in [3.63, 3.8) is 0 Å². The van der Waals surface area contributed by atoms with Crippen molar-refractivity contribution in [3.8, 4) is 0 Å². The minimum Gasteiger partial charge on any atom is -0.310 e. The Labute approximate surface area is 107 Å². The second kappa shape index (κ2) is 5.56. The molecular weight excluding hydrogens is 234 g/mol. The van der Waals surface area contributed by atoms with Gasteiger partial charge in [-0.2, -0.15) is 11.8 Å². The van der Waals surface area contributed by atoms with Crippen LogP contribution in [0, 0.1) is 19.8 Å². The van der Waals surface area contributed by atoms with Crippen LogP contribution >= 0.6 is 23.1 Å². The third-order valence-corrected chi connectivity index (χ3v) is 5.50. The lowest BCUT2D eigenvalue weighted by atomic mass is 10.1. The molecule has 1 saturated heterocycles. The van der Waals surface area contributed by atoms with Crippen LogP contribution in [0.25, 0.3) is 0 Å². The van der Waals surface area contributed by atoms with E-state index in [1.807, 2.05) is 11.3 Å². The summed E-state index contributed by atoms with van der Waals surface area (Å²) in [6.07, 6.45) is 1.39. The zero-order valence-electron chi connectivity index (χ0n) is 10.4. The van der Waals surface area contributed by atoms with Crippen LogP contribution in [0.3, 0.4) is 0 Å². The summed E-state index contributed by atoms with van der Waals surface area (Å²) in [5, 5.41) is 3.69. The third-order valence-electron chi connectivity index (χ3n) is 3.28. The minimum absolute atomic E-state index is 0.510. The van der Waals surface area contributed by atoms with Crippen molar-refractivity contribution < 1.29 is 0 Å². The summed E-state index contributed by atoms with van der Waals surface area (Å²) in [5.41, 5.74) is 1.49. The normalized spacial score (nSPS) is 22.6. The van der Waals surface area contributed by atoms with Gasteiger partial charge in [0.1, 0.15) is 0 Å². The maximum Gasteiger partial charge on any atom is 0.0302 e. The van der Waals surface area contributed by atoms with E-state index in [0.717, 1.165) is 5.92 Å². The number of aryl methyl sites for hydroxylation is 2. The molecule has 1 fully saturated rings. The molecule has 2 unspecified atom stereocenters. The second-order valence-electron chi connectivity index (χ2n) is 4.73. The molecule has 0 aromatic carbocycles. The predicted molar refractivity (Wildman–Crippen MR) is 75.6 cm³/mol. The molecule has 0 amide bonds. The maximum absolute atomic E-state index is 3.69. The Kier molecular flexibility index (Phi) is 4.34. The van der Waals surface area contributed by atoms with Crippen molar-refractivity contribution >= 4 is 23.1 Å². The van der Waals surface area contributed by atoms with Gasteiger partial charge in [-0.3, -0.25) is 0 Å². The highest BCUT2D eigenvalue weighted by Gasteiger charge is 2.17. The second-order valence-corrected chi connectivity index (χ2v) is 7.34. The molecule has 1 aliphatic rings. The topological polar surface area (TPSA) is 12.0 Å². The van der Waals surface area contributed by atoms with Gasteiger partial charge in [0.2, 0.25) is 0 Å². The zero-order chi connectivity index (χ0) is 11.5. The van der Waals surface area contributed by atoms with E-state index < -0.39 is 0 Å². The Morgan fingerprint density at radius 2 is 2.31 bits per heavy atom. The number of hydrogen-bond acceptors (Lipinski definition) is 3. The summed E-state index contributed by atoms with van der Waals surface area (Å²) in [6.45, 7) is 7.90. The van der Waals surface area contributed by atoms with Gasteiger partial charge in [-0.15, -0.1) is 11.3 Å². The fourth-order valence-electron chi connectivity index (χ4n) is 2.28. The monoisotopic (exact) mass is 255 g/mol. The van der Waals surface area contributed by atoms with Gasteiger partial charge in [-0.05, 0) is 62.8 Å². The largest absolute Gasteiger partial charge is 0.310 e. The van der Waals surface area contributed by atoms with Gasteiger partial charge < -0.3 is 5.32 Å². The molecule has 1 aromatic rings. The first kappa shape index (κ1) is 12.5. The van der Waals surface area contributed by atoms with Crippen LogP contribution in [0.2, 0.25) is 0 Å². The SMILES string of the molecule is Cc1cc(C(C)NCC2CCSC2)c(C)s1.